The second-order valence-electron chi connectivity index (χ2n) is 4.96. The Bertz CT molecular complexity index is 256. The quantitative estimate of drug-likeness (QED) is 0.757. The Morgan fingerprint density at radius 3 is 2.56 bits per heavy atom. The van der Waals surface area contributed by atoms with Crippen LogP contribution in [0.15, 0.2) is 0 Å². The smallest absolute Gasteiger partial charge is 0.358 e. The third-order valence-corrected chi connectivity index (χ3v) is 3.71. The van der Waals surface area contributed by atoms with Crippen molar-refractivity contribution in [2.45, 2.75) is 57.7 Å². The molecule has 1 saturated carbocycles. The SMILES string of the molecule is CCC1NC2CC(C(F)(F)F)CC(C)C2O1. The Labute approximate surface area is 93.5 Å². The van der Waals surface area contributed by atoms with Gasteiger partial charge in [-0.25, -0.2) is 0 Å². The van der Waals surface area contributed by atoms with E-state index < -0.39 is 12.1 Å². The number of alkyl halides is 3. The lowest BCUT2D eigenvalue weighted by Gasteiger charge is -2.36. The van der Waals surface area contributed by atoms with Gasteiger partial charge >= 0.3 is 6.18 Å². The van der Waals surface area contributed by atoms with E-state index in [4.69, 9.17) is 4.74 Å². The summed E-state index contributed by atoms with van der Waals surface area (Å²) < 4.78 is 43.8. The molecule has 5 atom stereocenters. The summed E-state index contributed by atoms with van der Waals surface area (Å²) in [6, 6.07) is -0.125. The maximum absolute atomic E-state index is 12.7. The molecule has 0 aromatic heterocycles. The van der Waals surface area contributed by atoms with Gasteiger partial charge in [0.15, 0.2) is 0 Å². The number of halogens is 3. The van der Waals surface area contributed by atoms with Crippen molar-refractivity contribution < 1.29 is 17.9 Å². The highest BCUT2D eigenvalue weighted by atomic mass is 19.4. The van der Waals surface area contributed by atoms with Gasteiger partial charge in [-0.1, -0.05) is 13.8 Å². The summed E-state index contributed by atoms with van der Waals surface area (Å²) in [6.45, 7) is 3.83. The Hall–Kier alpha value is -0.290. The van der Waals surface area contributed by atoms with Gasteiger partial charge in [0, 0.05) is 6.04 Å². The summed E-state index contributed by atoms with van der Waals surface area (Å²) in [5.41, 5.74) is 0. The predicted octanol–water partition coefficient (Wildman–Crippen LogP) is 2.69. The monoisotopic (exact) mass is 237 g/mol. The van der Waals surface area contributed by atoms with Crippen molar-refractivity contribution in [1.29, 1.82) is 0 Å². The Morgan fingerprint density at radius 1 is 1.31 bits per heavy atom. The number of hydrogen-bond acceptors (Lipinski definition) is 2. The normalized spacial score (nSPS) is 44.4. The van der Waals surface area contributed by atoms with Gasteiger partial charge in [-0.3, -0.25) is 5.32 Å². The van der Waals surface area contributed by atoms with Gasteiger partial charge in [0.1, 0.15) is 6.23 Å². The van der Waals surface area contributed by atoms with E-state index in [9.17, 15) is 13.2 Å². The summed E-state index contributed by atoms with van der Waals surface area (Å²) in [6.07, 6.45) is -3.01. The first-order valence-corrected chi connectivity index (χ1v) is 5.90. The van der Waals surface area contributed by atoms with E-state index in [1.165, 1.54) is 0 Å². The molecular weight excluding hydrogens is 219 g/mol. The zero-order valence-corrected chi connectivity index (χ0v) is 9.55. The maximum Gasteiger partial charge on any atom is 0.391 e. The molecule has 0 amide bonds. The molecule has 2 rings (SSSR count). The highest BCUT2D eigenvalue weighted by Gasteiger charge is 2.50. The zero-order chi connectivity index (χ0) is 11.9. The van der Waals surface area contributed by atoms with Gasteiger partial charge < -0.3 is 4.74 Å². The molecule has 0 bridgehead atoms. The molecule has 2 fully saturated rings. The van der Waals surface area contributed by atoms with Gasteiger partial charge in [0.2, 0.25) is 0 Å². The standard InChI is InChI=1S/C11H18F3NO/c1-3-9-15-8-5-7(11(12,13)14)4-6(2)10(8)16-9/h6-10,15H,3-5H2,1-2H3. The van der Waals surface area contributed by atoms with Crippen LogP contribution in [-0.4, -0.2) is 24.6 Å². The number of hydrogen-bond donors (Lipinski definition) is 1. The minimum Gasteiger partial charge on any atom is -0.358 e. The minimum atomic E-state index is -4.06. The van der Waals surface area contributed by atoms with E-state index >= 15 is 0 Å². The van der Waals surface area contributed by atoms with Crippen molar-refractivity contribution in [2.75, 3.05) is 0 Å². The first kappa shape index (κ1) is 12.2. The number of rotatable bonds is 1. The van der Waals surface area contributed by atoms with Crippen molar-refractivity contribution in [1.82, 2.24) is 5.32 Å². The minimum absolute atomic E-state index is 0.0191. The molecule has 1 saturated heterocycles. The lowest BCUT2D eigenvalue weighted by atomic mass is 9.77. The second kappa shape index (κ2) is 4.18. The van der Waals surface area contributed by atoms with Crippen molar-refractivity contribution in [3.8, 4) is 0 Å². The molecule has 0 aromatic carbocycles. The zero-order valence-electron chi connectivity index (χ0n) is 9.55. The first-order valence-electron chi connectivity index (χ1n) is 5.90. The van der Waals surface area contributed by atoms with Gasteiger partial charge in [-0.15, -0.1) is 0 Å². The summed E-state index contributed by atoms with van der Waals surface area (Å²) in [5.74, 6) is -1.19. The summed E-state index contributed by atoms with van der Waals surface area (Å²) >= 11 is 0. The molecule has 2 nitrogen and oxygen atoms in total. The molecule has 0 aromatic rings. The van der Waals surface area contributed by atoms with Crippen LogP contribution in [0.4, 0.5) is 13.2 Å². The summed E-state index contributed by atoms with van der Waals surface area (Å²) in [5, 5.41) is 3.15. The number of ether oxygens (including phenoxy) is 1. The molecule has 5 unspecified atom stereocenters. The van der Waals surface area contributed by atoms with Gasteiger partial charge in [0.05, 0.1) is 12.0 Å². The molecule has 2 aliphatic rings. The van der Waals surface area contributed by atoms with Crippen molar-refractivity contribution in [2.24, 2.45) is 11.8 Å². The molecule has 0 radical (unpaired) electrons. The lowest BCUT2D eigenvalue weighted by molar-refractivity contribution is -0.192. The van der Waals surface area contributed by atoms with Gasteiger partial charge in [0.25, 0.3) is 0 Å². The van der Waals surface area contributed by atoms with Crippen LogP contribution in [-0.2, 0) is 4.74 Å². The largest absolute Gasteiger partial charge is 0.391 e. The summed E-state index contributed by atoms with van der Waals surface area (Å²) in [7, 11) is 0. The van der Waals surface area contributed by atoms with Crippen molar-refractivity contribution in [3.63, 3.8) is 0 Å². The van der Waals surface area contributed by atoms with E-state index in [0.717, 1.165) is 6.42 Å². The van der Waals surface area contributed by atoms with E-state index in [2.05, 4.69) is 5.32 Å². The number of fused-ring (bicyclic) bond motifs is 1. The molecule has 1 heterocycles. The molecule has 0 spiro atoms. The molecule has 5 heteroatoms. The Kier molecular flexibility index (Phi) is 3.18. The van der Waals surface area contributed by atoms with Crippen LogP contribution in [0.5, 0.6) is 0 Å². The number of nitrogens with one attached hydrogen (secondary N) is 1. The van der Waals surface area contributed by atoms with E-state index in [1.54, 1.807) is 0 Å². The van der Waals surface area contributed by atoms with Gasteiger partial charge in [-0.05, 0) is 25.2 Å². The van der Waals surface area contributed by atoms with E-state index in [1.807, 2.05) is 13.8 Å². The highest BCUT2D eigenvalue weighted by Crippen LogP contribution is 2.42. The molecule has 1 aliphatic heterocycles. The average Bonchev–Trinajstić information content (AvgIpc) is 2.59. The van der Waals surface area contributed by atoms with Crippen LogP contribution in [0.3, 0.4) is 0 Å². The van der Waals surface area contributed by atoms with Crippen LogP contribution in [0.2, 0.25) is 0 Å². The Balaban J connectivity index is 2.05. The average molecular weight is 237 g/mol. The fourth-order valence-electron chi connectivity index (χ4n) is 2.86. The van der Waals surface area contributed by atoms with Crippen molar-refractivity contribution >= 4 is 0 Å². The fourth-order valence-corrected chi connectivity index (χ4v) is 2.86. The van der Waals surface area contributed by atoms with E-state index in [0.29, 0.717) is 0 Å². The molecule has 1 N–H and O–H groups in total. The molecule has 1 aliphatic carbocycles. The Morgan fingerprint density at radius 2 is 2.00 bits per heavy atom. The van der Waals surface area contributed by atoms with Crippen LogP contribution < -0.4 is 5.32 Å². The van der Waals surface area contributed by atoms with Crippen LogP contribution in [0.1, 0.15) is 33.1 Å². The van der Waals surface area contributed by atoms with Crippen LogP contribution in [0, 0.1) is 11.8 Å². The first-order chi connectivity index (χ1) is 7.41. The summed E-state index contributed by atoms with van der Waals surface area (Å²) in [4.78, 5) is 0. The molecule has 94 valence electrons. The van der Waals surface area contributed by atoms with Crippen LogP contribution >= 0.6 is 0 Å². The second-order valence-corrected chi connectivity index (χ2v) is 4.96. The van der Waals surface area contributed by atoms with Crippen LogP contribution in [0.25, 0.3) is 0 Å². The van der Waals surface area contributed by atoms with Gasteiger partial charge in [-0.2, -0.15) is 13.2 Å². The van der Waals surface area contributed by atoms with E-state index in [-0.39, 0.29) is 37.1 Å². The third kappa shape index (κ3) is 2.20. The highest BCUT2D eigenvalue weighted by molar-refractivity contribution is 4.96. The van der Waals surface area contributed by atoms with Crippen molar-refractivity contribution in [3.05, 3.63) is 0 Å². The topological polar surface area (TPSA) is 21.3 Å². The molecule has 16 heavy (non-hydrogen) atoms. The predicted molar refractivity (Wildman–Crippen MR) is 53.8 cm³/mol. The molecular formula is C11H18F3NO. The lowest BCUT2D eigenvalue weighted by Crippen LogP contribution is -2.46. The maximum atomic E-state index is 12.7. The third-order valence-electron chi connectivity index (χ3n) is 3.71. The fraction of sp³-hybridized carbons (Fsp3) is 1.00.